The number of likely N-dealkylation sites (N-methyl/N-ethyl adjacent to an activating group) is 1. The number of ether oxygens (including phenoxy) is 1. The van der Waals surface area contributed by atoms with E-state index in [1.807, 2.05) is 6.92 Å². The summed E-state index contributed by atoms with van der Waals surface area (Å²) in [5, 5.41) is 2.70. The number of benzene rings is 2. The highest BCUT2D eigenvalue weighted by atomic mass is 32.2. The average Bonchev–Trinajstić information content (AvgIpc) is 2.62. The van der Waals surface area contributed by atoms with Gasteiger partial charge in [0.25, 0.3) is 0 Å². The van der Waals surface area contributed by atoms with Crippen LogP contribution in [0.3, 0.4) is 0 Å². The van der Waals surface area contributed by atoms with E-state index in [-0.39, 0.29) is 18.0 Å². The maximum Gasteiger partial charge on any atom is 0.243 e. The lowest BCUT2D eigenvalue weighted by Gasteiger charge is -2.20. The van der Waals surface area contributed by atoms with Crippen molar-refractivity contribution >= 4 is 21.6 Å². The number of hydrogen-bond donors (Lipinski definition) is 1. The third kappa shape index (κ3) is 5.04. The Morgan fingerprint density at radius 3 is 2.24 bits per heavy atom. The fourth-order valence-electron chi connectivity index (χ4n) is 2.27. The minimum atomic E-state index is -3.70. The van der Waals surface area contributed by atoms with E-state index in [1.165, 1.54) is 12.1 Å². The fraction of sp³-hybridized carbons (Fsp3) is 0.278. The van der Waals surface area contributed by atoms with Crippen molar-refractivity contribution in [2.24, 2.45) is 0 Å². The highest BCUT2D eigenvalue weighted by Gasteiger charge is 2.24. The highest BCUT2D eigenvalue weighted by Crippen LogP contribution is 2.17. The van der Waals surface area contributed by atoms with Crippen molar-refractivity contribution in [3.63, 3.8) is 0 Å². The molecule has 0 aliphatic heterocycles. The van der Waals surface area contributed by atoms with Crippen LogP contribution < -0.4 is 10.1 Å². The molecule has 0 spiro atoms. The van der Waals surface area contributed by atoms with Gasteiger partial charge in [-0.3, -0.25) is 4.79 Å². The van der Waals surface area contributed by atoms with Crippen LogP contribution in [-0.4, -0.2) is 38.3 Å². The Hall–Kier alpha value is -2.38. The molecule has 0 aliphatic carbocycles. The normalized spacial score (nSPS) is 11.3. The molecule has 0 saturated heterocycles. The molecule has 2 rings (SSSR count). The minimum Gasteiger partial charge on any atom is -0.494 e. The summed E-state index contributed by atoms with van der Waals surface area (Å²) in [7, 11) is -3.70. The van der Waals surface area contributed by atoms with Crippen LogP contribution >= 0.6 is 0 Å². The monoisotopic (exact) mass is 362 g/mol. The number of anilines is 1. The third-order valence-electron chi connectivity index (χ3n) is 3.50. The number of carbonyl (C=O) groups is 1. The number of nitrogens with one attached hydrogen (secondary N) is 1. The molecule has 0 fully saturated rings. The topological polar surface area (TPSA) is 75.7 Å². The van der Waals surface area contributed by atoms with Crippen LogP contribution in [0.15, 0.2) is 59.5 Å². The number of amides is 1. The van der Waals surface area contributed by atoms with Crippen LogP contribution in [0.1, 0.15) is 13.8 Å². The first-order valence-electron chi connectivity index (χ1n) is 8.05. The second kappa shape index (κ2) is 8.64. The van der Waals surface area contributed by atoms with Gasteiger partial charge in [0, 0.05) is 12.2 Å². The quantitative estimate of drug-likeness (QED) is 0.783. The summed E-state index contributed by atoms with van der Waals surface area (Å²) in [6, 6.07) is 15.0. The molecule has 2 aromatic rings. The van der Waals surface area contributed by atoms with Crippen molar-refractivity contribution in [2.45, 2.75) is 18.7 Å². The van der Waals surface area contributed by atoms with Gasteiger partial charge < -0.3 is 10.1 Å². The third-order valence-corrected chi connectivity index (χ3v) is 5.44. The molecule has 25 heavy (non-hydrogen) atoms. The second-order valence-electron chi connectivity index (χ2n) is 5.25. The van der Waals surface area contributed by atoms with Gasteiger partial charge in [0.05, 0.1) is 18.0 Å². The molecular formula is C18H22N2O4S. The van der Waals surface area contributed by atoms with Crippen LogP contribution in [0, 0.1) is 0 Å². The smallest absolute Gasteiger partial charge is 0.243 e. The molecule has 0 atom stereocenters. The van der Waals surface area contributed by atoms with Gasteiger partial charge in [-0.05, 0) is 43.3 Å². The van der Waals surface area contributed by atoms with E-state index in [0.29, 0.717) is 18.0 Å². The Morgan fingerprint density at radius 1 is 1.04 bits per heavy atom. The Morgan fingerprint density at radius 2 is 1.68 bits per heavy atom. The van der Waals surface area contributed by atoms with E-state index in [2.05, 4.69) is 5.32 Å². The predicted molar refractivity (Wildman–Crippen MR) is 97.1 cm³/mol. The Labute approximate surface area is 148 Å². The van der Waals surface area contributed by atoms with E-state index in [9.17, 15) is 13.2 Å². The fourth-order valence-corrected chi connectivity index (χ4v) is 3.70. The maximum atomic E-state index is 12.6. The zero-order chi connectivity index (χ0) is 18.3. The molecule has 0 aromatic heterocycles. The van der Waals surface area contributed by atoms with Crippen LogP contribution in [0.25, 0.3) is 0 Å². The maximum absolute atomic E-state index is 12.6. The van der Waals surface area contributed by atoms with Crippen molar-refractivity contribution in [3.05, 3.63) is 54.6 Å². The van der Waals surface area contributed by atoms with Gasteiger partial charge in [-0.25, -0.2) is 8.42 Å². The Balaban J connectivity index is 2.04. The number of sulfonamides is 1. The van der Waals surface area contributed by atoms with E-state index in [4.69, 9.17) is 4.74 Å². The lowest BCUT2D eigenvalue weighted by molar-refractivity contribution is -0.116. The molecule has 0 bridgehead atoms. The number of rotatable bonds is 8. The van der Waals surface area contributed by atoms with Crippen molar-refractivity contribution in [1.29, 1.82) is 0 Å². The zero-order valence-corrected chi connectivity index (χ0v) is 15.1. The lowest BCUT2D eigenvalue weighted by atomic mass is 10.3. The van der Waals surface area contributed by atoms with Crippen LogP contribution in [-0.2, 0) is 14.8 Å². The largest absolute Gasteiger partial charge is 0.494 e. The second-order valence-corrected chi connectivity index (χ2v) is 7.19. The van der Waals surface area contributed by atoms with Crippen molar-refractivity contribution in [3.8, 4) is 5.75 Å². The van der Waals surface area contributed by atoms with Crippen molar-refractivity contribution in [2.75, 3.05) is 25.0 Å². The zero-order valence-electron chi connectivity index (χ0n) is 14.3. The first kappa shape index (κ1) is 19.0. The summed E-state index contributed by atoms with van der Waals surface area (Å²) < 4.78 is 31.7. The van der Waals surface area contributed by atoms with E-state index in [0.717, 1.165) is 4.31 Å². The van der Waals surface area contributed by atoms with Crippen molar-refractivity contribution in [1.82, 2.24) is 4.31 Å². The molecule has 0 aliphatic rings. The average molecular weight is 362 g/mol. The molecule has 1 amide bonds. The summed E-state index contributed by atoms with van der Waals surface area (Å²) in [6.45, 7) is 4.11. The molecule has 134 valence electrons. The van der Waals surface area contributed by atoms with Crippen LogP contribution in [0.2, 0.25) is 0 Å². The van der Waals surface area contributed by atoms with E-state index in [1.54, 1.807) is 49.4 Å². The summed E-state index contributed by atoms with van der Waals surface area (Å²) in [5.41, 5.74) is 0.585. The van der Waals surface area contributed by atoms with E-state index < -0.39 is 15.9 Å². The minimum absolute atomic E-state index is 0.172. The van der Waals surface area contributed by atoms with E-state index >= 15 is 0 Å². The van der Waals surface area contributed by atoms with Gasteiger partial charge in [0.1, 0.15) is 5.75 Å². The first-order valence-corrected chi connectivity index (χ1v) is 9.49. The van der Waals surface area contributed by atoms with Crippen LogP contribution in [0.4, 0.5) is 5.69 Å². The van der Waals surface area contributed by atoms with Crippen LogP contribution in [0.5, 0.6) is 5.75 Å². The highest BCUT2D eigenvalue weighted by molar-refractivity contribution is 7.89. The van der Waals surface area contributed by atoms with Gasteiger partial charge in [-0.1, -0.05) is 25.1 Å². The number of nitrogens with zero attached hydrogens (tertiary/aromatic N) is 1. The SMILES string of the molecule is CCOc1ccc(NC(=O)CN(CC)S(=O)(=O)c2ccccc2)cc1. The van der Waals surface area contributed by atoms with Gasteiger partial charge in [0.2, 0.25) is 15.9 Å². The summed E-state index contributed by atoms with van der Waals surface area (Å²) in [6.07, 6.45) is 0. The molecule has 0 heterocycles. The summed E-state index contributed by atoms with van der Waals surface area (Å²) in [4.78, 5) is 12.4. The molecule has 1 N–H and O–H groups in total. The predicted octanol–water partition coefficient (Wildman–Crippen LogP) is 2.73. The van der Waals surface area contributed by atoms with Gasteiger partial charge in [0.15, 0.2) is 0 Å². The number of carbonyl (C=O) groups excluding carboxylic acids is 1. The Bertz CT molecular complexity index is 790. The molecule has 7 heteroatoms. The number of hydrogen-bond acceptors (Lipinski definition) is 4. The molecular weight excluding hydrogens is 340 g/mol. The molecule has 0 saturated carbocycles. The first-order chi connectivity index (χ1) is 12.0. The Kier molecular flexibility index (Phi) is 6.55. The molecule has 0 unspecified atom stereocenters. The van der Waals surface area contributed by atoms with Gasteiger partial charge in [-0.15, -0.1) is 0 Å². The summed E-state index contributed by atoms with van der Waals surface area (Å²) in [5.74, 6) is 0.313. The molecule has 0 radical (unpaired) electrons. The van der Waals surface area contributed by atoms with Gasteiger partial charge in [-0.2, -0.15) is 4.31 Å². The van der Waals surface area contributed by atoms with Gasteiger partial charge >= 0.3 is 0 Å². The molecule has 2 aromatic carbocycles. The standard InChI is InChI=1S/C18H22N2O4S/c1-3-20(25(22,23)17-8-6-5-7-9-17)14-18(21)19-15-10-12-16(13-11-15)24-4-2/h5-13H,3-4,14H2,1-2H3,(H,19,21). The lowest BCUT2D eigenvalue weighted by Crippen LogP contribution is -2.37. The summed E-state index contributed by atoms with van der Waals surface area (Å²) >= 11 is 0. The molecule has 6 nitrogen and oxygen atoms in total. The van der Waals surface area contributed by atoms with Crippen molar-refractivity contribution < 1.29 is 17.9 Å².